The van der Waals surface area contributed by atoms with E-state index < -0.39 is 0 Å². The first-order valence-corrected chi connectivity index (χ1v) is 10.6. The molecule has 3 nitrogen and oxygen atoms in total. The third-order valence-corrected chi connectivity index (χ3v) is 5.73. The lowest BCUT2D eigenvalue weighted by atomic mass is 10.0. The molecule has 30 heavy (non-hydrogen) atoms. The van der Waals surface area contributed by atoms with Crippen LogP contribution in [0.3, 0.4) is 0 Å². The number of pyridine rings is 1. The molecule has 1 fully saturated rings. The molecule has 0 atom stereocenters. The Morgan fingerprint density at radius 3 is 2.37 bits per heavy atom. The summed E-state index contributed by atoms with van der Waals surface area (Å²) >= 11 is 0. The van der Waals surface area contributed by atoms with E-state index >= 15 is 0 Å². The Hall–Kier alpha value is -2.98. The molecule has 3 aromatic rings. The van der Waals surface area contributed by atoms with E-state index in [4.69, 9.17) is 0 Å². The van der Waals surface area contributed by atoms with Gasteiger partial charge in [-0.15, -0.1) is 0 Å². The van der Waals surface area contributed by atoms with Crippen molar-refractivity contribution in [2.45, 2.75) is 32.4 Å². The molecular weight excluding hydrogens is 373 g/mol. The molecule has 2 heterocycles. The Morgan fingerprint density at radius 2 is 1.70 bits per heavy atom. The zero-order valence-corrected chi connectivity index (χ0v) is 17.4. The molecule has 0 unspecified atom stereocenters. The maximum Gasteiger partial charge on any atom is 0.123 e. The fourth-order valence-corrected chi connectivity index (χ4v) is 4.07. The van der Waals surface area contributed by atoms with Gasteiger partial charge in [0.05, 0.1) is 5.69 Å². The first kappa shape index (κ1) is 20.3. The third-order valence-electron chi connectivity index (χ3n) is 5.73. The second kappa shape index (κ2) is 9.68. The molecule has 0 spiro atoms. The summed E-state index contributed by atoms with van der Waals surface area (Å²) in [7, 11) is 0. The molecule has 154 valence electrons. The molecule has 2 aromatic carbocycles. The van der Waals surface area contributed by atoms with Gasteiger partial charge >= 0.3 is 0 Å². The van der Waals surface area contributed by atoms with Gasteiger partial charge in [-0.3, -0.25) is 9.88 Å². The van der Waals surface area contributed by atoms with Gasteiger partial charge in [0.25, 0.3) is 0 Å². The molecule has 0 radical (unpaired) electrons. The minimum Gasteiger partial charge on any atom is -0.344 e. The van der Waals surface area contributed by atoms with E-state index in [1.807, 2.05) is 36.5 Å². The van der Waals surface area contributed by atoms with E-state index in [0.717, 1.165) is 49.4 Å². The van der Waals surface area contributed by atoms with Gasteiger partial charge in [-0.1, -0.05) is 36.4 Å². The van der Waals surface area contributed by atoms with Gasteiger partial charge in [-0.2, -0.15) is 0 Å². The van der Waals surface area contributed by atoms with Crippen LogP contribution >= 0.6 is 0 Å². The van der Waals surface area contributed by atoms with Crippen LogP contribution in [-0.2, 0) is 6.54 Å². The Kier molecular flexibility index (Phi) is 6.55. The molecule has 0 saturated carbocycles. The fourth-order valence-electron chi connectivity index (χ4n) is 4.07. The quantitative estimate of drug-likeness (QED) is 0.524. The van der Waals surface area contributed by atoms with E-state index in [2.05, 4.69) is 58.2 Å². The van der Waals surface area contributed by atoms with Crippen LogP contribution in [0.2, 0.25) is 0 Å². The van der Waals surface area contributed by atoms with E-state index in [0.29, 0.717) is 6.04 Å². The van der Waals surface area contributed by atoms with Crippen molar-refractivity contribution < 1.29 is 4.39 Å². The summed E-state index contributed by atoms with van der Waals surface area (Å²) in [4.78, 5) is 9.31. The molecule has 4 heteroatoms. The predicted octanol–water partition coefficient (Wildman–Crippen LogP) is 5.75. The molecule has 1 aromatic heterocycles. The number of hydrogen-bond acceptors (Lipinski definition) is 3. The van der Waals surface area contributed by atoms with Crippen LogP contribution in [0.1, 0.15) is 31.0 Å². The predicted molar refractivity (Wildman–Crippen MR) is 122 cm³/mol. The van der Waals surface area contributed by atoms with Gasteiger partial charge < -0.3 is 4.90 Å². The number of rotatable bonds is 6. The molecule has 1 aliphatic rings. The first-order chi connectivity index (χ1) is 14.7. The van der Waals surface area contributed by atoms with Crippen molar-refractivity contribution in [2.75, 3.05) is 18.0 Å². The summed E-state index contributed by atoms with van der Waals surface area (Å²) in [5.41, 5.74) is 4.45. The van der Waals surface area contributed by atoms with Crippen LogP contribution in [0.5, 0.6) is 0 Å². The summed E-state index contributed by atoms with van der Waals surface area (Å²) < 4.78 is 13.5. The van der Waals surface area contributed by atoms with Crippen LogP contribution in [0.25, 0.3) is 5.57 Å². The van der Waals surface area contributed by atoms with Crippen LogP contribution in [0, 0.1) is 5.82 Å². The Bertz CT molecular complexity index is 947. The molecule has 0 amide bonds. The average Bonchev–Trinajstić information content (AvgIpc) is 2.80. The number of allylic oxidation sites excluding steroid dienone is 1. The Balaban J connectivity index is 1.51. The Morgan fingerprint density at radius 1 is 1.00 bits per heavy atom. The second-order valence-corrected chi connectivity index (χ2v) is 7.90. The topological polar surface area (TPSA) is 19.4 Å². The minimum atomic E-state index is -0.207. The Labute approximate surface area is 178 Å². The third kappa shape index (κ3) is 5.14. The van der Waals surface area contributed by atoms with E-state index in [1.165, 1.54) is 17.7 Å². The van der Waals surface area contributed by atoms with Crippen molar-refractivity contribution in [1.29, 1.82) is 0 Å². The number of anilines is 1. The van der Waals surface area contributed by atoms with E-state index in [1.54, 1.807) is 0 Å². The monoisotopic (exact) mass is 401 g/mol. The highest BCUT2D eigenvalue weighted by Gasteiger charge is 2.24. The second-order valence-electron chi connectivity index (χ2n) is 7.90. The van der Waals surface area contributed by atoms with Crippen molar-refractivity contribution in [2.24, 2.45) is 0 Å². The zero-order valence-electron chi connectivity index (χ0n) is 17.4. The normalized spacial score (nSPS) is 15.9. The molecular formula is C26H28FN3. The molecule has 1 saturated heterocycles. The SMILES string of the molecule is C/C(=C/N(c1ccc(F)cc1)C1CCN(Cc2ccccc2)CC1)c1ccccn1. The van der Waals surface area contributed by atoms with E-state index in [9.17, 15) is 4.39 Å². The van der Waals surface area contributed by atoms with E-state index in [-0.39, 0.29) is 5.82 Å². The van der Waals surface area contributed by atoms with Gasteiger partial charge in [0.2, 0.25) is 0 Å². The molecule has 0 bridgehead atoms. The van der Waals surface area contributed by atoms with Gasteiger partial charge in [-0.25, -0.2) is 4.39 Å². The largest absolute Gasteiger partial charge is 0.344 e. The van der Waals surface area contributed by atoms with Crippen LogP contribution in [0.4, 0.5) is 10.1 Å². The lowest BCUT2D eigenvalue weighted by Crippen LogP contribution is -2.42. The first-order valence-electron chi connectivity index (χ1n) is 10.6. The maximum absolute atomic E-state index is 13.5. The van der Waals surface area contributed by atoms with Gasteiger partial charge in [0.1, 0.15) is 5.82 Å². The number of likely N-dealkylation sites (tertiary alicyclic amines) is 1. The minimum absolute atomic E-state index is 0.207. The molecule has 0 N–H and O–H groups in total. The number of piperidine rings is 1. The van der Waals surface area contributed by atoms with Crippen molar-refractivity contribution in [3.63, 3.8) is 0 Å². The highest BCUT2D eigenvalue weighted by molar-refractivity contribution is 5.65. The smallest absolute Gasteiger partial charge is 0.123 e. The fraction of sp³-hybridized carbons (Fsp3) is 0.269. The number of aromatic nitrogens is 1. The highest BCUT2D eigenvalue weighted by Crippen LogP contribution is 2.27. The lowest BCUT2D eigenvalue weighted by Gasteiger charge is -2.38. The van der Waals surface area contributed by atoms with Crippen molar-refractivity contribution in [3.05, 3.63) is 102 Å². The van der Waals surface area contributed by atoms with Crippen molar-refractivity contribution in [1.82, 2.24) is 9.88 Å². The summed E-state index contributed by atoms with van der Waals surface area (Å²) in [6.45, 7) is 5.18. The van der Waals surface area contributed by atoms with Gasteiger partial charge in [0, 0.05) is 43.8 Å². The summed E-state index contributed by atoms with van der Waals surface area (Å²) in [6, 6.07) is 23.8. The molecule has 4 rings (SSSR count). The number of nitrogens with zero attached hydrogens (tertiary/aromatic N) is 3. The number of benzene rings is 2. The maximum atomic E-state index is 13.5. The lowest BCUT2D eigenvalue weighted by molar-refractivity contribution is 0.205. The average molecular weight is 402 g/mol. The standard InChI is InChI=1S/C26H28FN3/c1-21(26-9-5-6-16-28-26)19-30(24-12-10-23(27)11-13-24)25-14-17-29(18-15-25)20-22-7-3-2-4-8-22/h2-13,16,19,25H,14-15,17-18,20H2,1H3/b21-19-. The zero-order chi connectivity index (χ0) is 20.8. The number of hydrogen-bond donors (Lipinski definition) is 0. The molecule has 0 aliphatic carbocycles. The van der Waals surface area contributed by atoms with Crippen LogP contribution in [-0.4, -0.2) is 29.0 Å². The van der Waals surface area contributed by atoms with Crippen LogP contribution < -0.4 is 4.90 Å². The summed E-state index contributed by atoms with van der Waals surface area (Å²) in [5.74, 6) is -0.207. The van der Waals surface area contributed by atoms with Gasteiger partial charge in [-0.05, 0) is 67.3 Å². The highest BCUT2D eigenvalue weighted by atomic mass is 19.1. The van der Waals surface area contributed by atoms with Crippen molar-refractivity contribution in [3.8, 4) is 0 Å². The van der Waals surface area contributed by atoms with Crippen LogP contribution in [0.15, 0.2) is 85.2 Å². The van der Waals surface area contributed by atoms with Gasteiger partial charge in [0.15, 0.2) is 0 Å². The molecule has 1 aliphatic heterocycles. The van der Waals surface area contributed by atoms with Crippen molar-refractivity contribution >= 4 is 11.3 Å². The summed E-state index contributed by atoms with van der Waals surface area (Å²) in [6.07, 6.45) is 6.12. The summed E-state index contributed by atoms with van der Waals surface area (Å²) in [5, 5.41) is 0. The number of halogens is 1.